The van der Waals surface area contributed by atoms with Crippen LogP contribution in [0.3, 0.4) is 0 Å². The zero-order valence-corrected chi connectivity index (χ0v) is 11.5. The van der Waals surface area contributed by atoms with Crippen molar-refractivity contribution in [3.05, 3.63) is 29.6 Å². The molecular weight excluding hydrogens is 222 g/mol. The van der Waals surface area contributed by atoms with Gasteiger partial charge in [0.05, 0.1) is 0 Å². The topological polar surface area (TPSA) is 19.4 Å². The lowest BCUT2D eigenvalue weighted by atomic mass is 10.1. The van der Waals surface area contributed by atoms with Gasteiger partial charge in [-0.25, -0.2) is 0 Å². The van der Waals surface area contributed by atoms with Gasteiger partial charge in [0.25, 0.3) is 0 Å². The summed E-state index contributed by atoms with van der Waals surface area (Å²) < 4.78 is 0. The largest absolute Gasteiger partial charge is 0.298 e. The zero-order chi connectivity index (χ0) is 12.5. The van der Waals surface area contributed by atoms with Gasteiger partial charge in [-0.3, -0.25) is 14.8 Å². The standard InChI is InChI=1S/C15H23N3/c1-12-5-6-14(8-16-12)10-18-11-15-4-3-7-17(15)9-13(18)2/h5-6,8,13,15H,3-4,7,9-11H2,1-2H3. The van der Waals surface area contributed by atoms with Crippen molar-refractivity contribution in [2.24, 2.45) is 0 Å². The van der Waals surface area contributed by atoms with Crippen molar-refractivity contribution in [2.45, 2.75) is 45.3 Å². The van der Waals surface area contributed by atoms with Gasteiger partial charge in [-0.1, -0.05) is 6.07 Å². The highest BCUT2D eigenvalue weighted by molar-refractivity contribution is 5.13. The molecule has 3 heterocycles. The summed E-state index contributed by atoms with van der Waals surface area (Å²) >= 11 is 0. The van der Waals surface area contributed by atoms with Gasteiger partial charge in [0, 0.05) is 43.6 Å². The molecule has 3 heteroatoms. The summed E-state index contributed by atoms with van der Waals surface area (Å²) in [6.07, 6.45) is 4.80. The molecule has 98 valence electrons. The van der Waals surface area contributed by atoms with Crippen LogP contribution in [0, 0.1) is 6.92 Å². The molecule has 3 rings (SSSR count). The molecule has 0 spiro atoms. The fourth-order valence-corrected chi connectivity index (χ4v) is 3.29. The van der Waals surface area contributed by atoms with Gasteiger partial charge in [0.2, 0.25) is 0 Å². The van der Waals surface area contributed by atoms with Crippen LogP contribution in [0.2, 0.25) is 0 Å². The highest BCUT2D eigenvalue weighted by atomic mass is 15.3. The summed E-state index contributed by atoms with van der Waals surface area (Å²) in [6.45, 7) is 9.24. The number of hydrogen-bond acceptors (Lipinski definition) is 3. The Hall–Kier alpha value is -0.930. The van der Waals surface area contributed by atoms with Crippen molar-refractivity contribution < 1.29 is 0 Å². The van der Waals surface area contributed by atoms with Crippen molar-refractivity contribution in [1.29, 1.82) is 0 Å². The molecule has 2 atom stereocenters. The van der Waals surface area contributed by atoms with Crippen LogP contribution in [0.4, 0.5) is 0 Å². The normalized spacial score (nSPS) is 29.4. The average Bonchev–Trinajstić information content (AvgIpc) is 2.79. The Balaban J connectivity index is 1.66. The lowest BCUT2D eigenvalue weighted by Gasteiger charge is -2.42. The molecule has 1 aromatic rings. The summed E-state index contributed by atoms with van der Waals surface area (Å²) in [5.41, 5.74) is 2.45. The SMILES string of the molecule is Cc1ccc(CN2CC3CCCN3CC2C)cn1. The number of rotatable bonds is 2. The minimum atomic E-state index is 0.667. The second-order valence-electron chi connectivity index (χ2n) is 5.88. The van der Waals surface area contributed by atoms with Crippen LogP contribution in [0.1, 0.15) is 31.0 Å². The third kappa shape index (κ3) is 2.43. The van der Waals surface area contributed by atoms with Crippen molar-refractivity contribution in [1.82, 2.24) is 14.8 Å². The molecule has 0 aromatic carbocycles. The lowest BCUT2D eigenvalue weighted by Crippen LogP contribution is -2.54. The van der Waals surface area contributed by atoms with Gasteiger partial charge in [0.1, 0.15) is 0 Å². The zero-order valence-electron chi connectivity index (χ0n) is 11.5. The maximum atomic E-state index is 4.40. The molecule has 18 heavy (non-hydrogen) atoms. The van der Waals surface area contributed by atoms with Crippen LogP contribution in [0.5, 0.6) is 0 Å². The predicted octanol–water partition coefficient (Wildman–Crippen LogP) is 2.06. The lowest BCUT2D eigenvalue weighted by molar-refractivity contribution is 0.0540. The minimum absolute atomic E-state index is 0.667. The summed E-state index contributed by atoms with van der Waals surface area (Å²) in [7, 11) is 0. The van der Waals surface area contributed by atoms with E-state index in [4.69, 9.17) is 0 Å². The summed E-state index contributed by atoms with van der Waals surface area (Å²) in [5.74, 6) is 0. The fourth-order valence-electron chi connectivity index (χ4n) is 3.29. The fraction of sp³-hybridized carbons (Fsp3) is 0.667. The molecule has 2 aliphatic heterocycles. The van der Waals surface area contributed by atoms with E-state index in [1.54, 1.807) is 0 Å². The van der Waals surface area contributed by atoms with Crippen LogP contribution in [0.25, 0.3) is 0 Å². The predicted molar refractivity (Wildman–Crippen MR) is 73.4 cm³/mol. The van der Waals surface area contributed by atoms with E-state index in [1.807, 2.05) is 13.1 Å². The molecule has 1 aromatic heterocycles. The molecule has 0 aliphatic carbocycles. The summed E-state index contributed by atoms with van der Waals surface area (Å²) in [5, 5.41) is 0. The average molecular weight is 245 g/mol. The Bertz CT molecular complexity index is 401. The van der Waals surface area contributed by atoms with E-state index < -0.39 is 0 Å². The smallest absolute Gasteiger partial charge is 0.0372 e. The first-order valence-corrected chi connectivity index (χ1v) is 7.12. The third-order valence-electron chi connectivity index (χ3n) is 4.42. The number of aryl methyl sites for hydroxylation is 1. The number of aromatic nitrogens is 1. The Morgan fingerprint density at radius 3 is 3.00 bits per heavy atom. The maximum Gasteiger partial charge on any atom is 0.0372 e. The molecule has 0 radical (unpaired) electrons. The molecule has 0 amide bonds. The number of hydrogen-bond donors (Lipinski definition) is 0. The Kier molecular flexibility index (Phi) is 3.35. The number of piperazine rings is 1. The Labute approximate surface area is 110 Å². The van der Waals surface area contributed by atoms with E-state index in [9.17, 15) is 0 Å². The van der Waals surface area contributed by atoms with Crippen LogP contribution >= 0.6 is 0 Å². The Morgan fingerprint density at radius 1 is 1.33 bits per heavy atom. The highest BCUT2D eigenvalue weighted by Gasteiger charge is 2.34. The second kappa shape index (κ2) is 4.98. The van der Waals surface area contributed by atoms with Crippen molar-refractivity contribution in [3.63, 3.8) is 0 Å². The van der Waals surface area contributed by atoms with Gasteiger partial charge in [-0.05, 0) is 44.9 Å². The first-order valence-electron chi connectivity index (χ1n) is 7.12. The molecule has 2 unspecified atom stereocenters. The van der Waals surface area contributed by atoms with Gasteiger partial charge >= 0.3 is 0 Å². The molecule has 0 N–H and O–H groups in total. The van der Waals surface area contributed by atoms with Crippen molar-refractivity contribution in [3.8, 4) is 0 Å². The van der Waals surface area contributed by atoms with Gasteiger partial charge < -0.3 is 0 Å². The van der Waals surface area contributed by atoms with E-state index in [0.29, 0.717) is 6.04 Å². The number of nitrogens with zero attached hydrogens (tertiary/aromatic N) is 3. The van der Waals surface area contributed by atoms with Crippen LogP contribution < -0.4 is 0 Å². The minimum Gasteiger partial charge on any atom is -0.298 e. The first-order chi connectivity index (χ1) is 8.72. The van der Waals surface area contributed by atoms with Crippen LogP contribution in [0.15, 0.2) is 18.3 Å². The van der Waals surface area contributed by atoms with Gasteiger partial charge in [0.15, 0.2) is 0 Å². The van der Waals surface area contributed by atoms with E-state index in [0.717, 1.165) is 18.3 Å². The molecule has 0 saturated carbocycles. The number of fused-ring (bicyclic) bond motifs is 1. The highest BCUT2D eigenvalue weighted by Crippen LogP contribution is 2.25. The molecule has 3 nitrogen and oxygen atoms in total. The van der Waals surface area contributed by atoms with Crippen LogP contribution in [-0.2, 0) is 6.54 Å². The quantitative estimate of drug-likeness (QED) is 0.795. The van der Waals surface area contributed by atoms with Crippen molar-refractivity contribution >= 4 is 0 Å². The molecule has 0 bridgehead atoms. The monoisotopic (exact) mass is 245 g/mol. The third-order valence-corrected chi connectivity index (χ3v) is 4.42. The van der Waals surface area contributed by atoms with Gasteiger partial charge in [-0.15, -0.1) is 0 Å². The second-order valence-corrected chi connectivity index (χ2v) is 5.88. The molecular formula is C15H23N3. The summed E-state index contributed by atoms with van der Waals surface area (Å²) in [6, 6.07) is 5.81. The van der Waals surface area contributed by atoms with E-state index in [2.05, 4.69) is 33.8 Å². The maximum absolute atomic E-state index is 4.40. The number of pyridine rings is 1. The van der Waals surface area contributed by atoms with Gasteiger partial charge in [-0.2, -0.15) is 0 Å². The molecule has 2 aliphatic rings. The van der Waals surface area contributed by atoms with E-state index >= 15 is 0 Å². The van der Waals surface area contributed by atoms with Crippen LogP contribution in [-0.4, -0.2) is 46.5 Å². The Morgan fingerprint density at radius 2 is 2.22 bits per heavy atom. The summed E-state index contributed by atoms with van der Waals surface area (Å²) in [4.78, 5) is 9.70. The molecule has 2 saturated heterocycles. The van der Waals surface area contributed by atoms with Crippen molar-refractivity contribution in [2.75, 3.05) is 19.6 Å². The first kappa shape index (κ1) is 12.1. The van der Waals surface area contributed by atoms with E-state index in [1.165, 1.54) is 38.0 Å². The van der Waals surface area contributed by atoms with E-state index in [-0.39, 0.29) is 0 Å². The molecule has 2 fully saturated rings.